The average molecular weight is 340 g/mol. The Balaban J connectivity index is 1.90. The Hall–Kier alpha value is -0.380. The van der Waals surface area contributed by atoms with Crippen LogP contribution in [0.4, 0.5) is 0 Å². The van der Waals surface area contributed by atoms with Crippen molar-refractivity contribution in [3.63, 3.8) is 0 Å². The van der Waals surface area contributed by atoms with Gasteiger partial charge in [0.05, 0.1) is 0 Å². The zero-order valence-corrected chi connectivity index (χ0v) is 14.2. The van der Waals surface area contributed by atoms with Crippen molar-refractivity contribution in [2.45, 2.75) is 38.6 Å². The lowest BCUT2D eigenvalue weighted by Gasteiger charge is -2.24. The fraction of sp³-hybridized carbons (Fsp3) is 0.647. The van der Waals surface area contributed by atoms with Crippen LogP contribution in [0.25, 0.3) is 0 Å². The lowest BCUT2D eigenvalue weighted by atomic mass is 9.86. The van der Waals surface area contributed by atoms with E-state index in [1.165, 1.54) is 18.4 Å². The van der Waals surface area contributed by atoms with Gasteiger partial charge in [-0.2, -0.15) is 0 Å². The van der Waals surface area contributed by atoms with Crippen LogP contribution in [0.2, 0.25) is 0 Å². The highest BCUT2D eigenvalue weighted by Crippen LogP contribution is 2.24. The van der Waals surface area contributed by atoms with E-state index >= 15 is 0 Å². The van der Waals surface area contributed by atoms with Gasteiger partial charge in [0.25, 0.3) is 0 Å². The van der Waals surface area contributed by atoms with Crippen LogP contribution in [0.15, 0.2) is 28.7 Å². The van der Waals surface area contributed by atoms with Crippen molar-refractivity contribution in [2.24, 2.45) is 11.8 Å². The fourth-order valence-electron chi connectivity index (χ4n) is 2.54. The molecule has 0 aromatic heterocycles. The van der Waals surface area contributed by atoms with Crippen molar-refractivity contribution in [2.75, 3.05) is 20.3 Å². The van der Waals surface area contributed by atoms with E-state index in [1.54, 1.807) is 7.11 Å². The lowest BCUT2D eigenvalue weighted by Crippen LogP contribution is -2.30. The van der Waals surface area contributed by atoms with Crippen molar-refractivity contribution >= 4 is 15.9 Å². The average Bonchev–Trinajstić information content (AvgIpc) is 3.27. The smallest absolute Gasteiger partial charge is 0.0464 e. The first-order valence-electron chi connectivity index (χ1n) is 7.65. The summed E-state index contributed by atoms with van der Waals surface area (Å²) in [6.45, 7) is 4.35. The van der Waals surface area contributed by atoms with Crippen LogP contribution in [-0.4, -0.2) is 26.3 Å². The molecule has 2 atom stereocenters. The SMILES string of the molecule is COCCC(C)C(CNC1CC1)Cc1ccc(Br)cc1. The molecule has 1 aliphatic rings. The van der Waals surface area contributed by atoms with Crippen molar-refractivity contribution in [1.82, 2.24) is 5.32 Å². The molecule has 1 N–H and O–H groups in total. The third kappa shape index (κ3) is 5.55. The van der Waals surface area contributed by atoms with Crippen LogP contribution >= 0.6 is 15.9 Å². The van der Waals surface area contributed by atoms with Crippen molar-refractivity contribution in [1.29, 1.82) is 0 Å². The quantitative estimate of drug-likeness (QED) is 0.733. The highest BCUT2D eigenvalue weighted by molar-refractivity contribution is 9.10. The minimum absolute atomic E-state index is 0.685. The lowest BCUT2D eigenvalue weighted by molar-refractivity contribution is 0.163. The van der Waals surface area contributed by atoms with Crippen molar-refractivity contribution in [3.8, 4) is 0 Å². The van der Waals surface area contributed by atoms with E-state index in [1.807, 2.05) is 0 Å². The monoisotopic (exact) mass is 339 g/mol. The van der Waals surface area contributed by atoms with Gasteiger partial charge in [0.2, 0.25) is 0 Å². The summed E-state index contributed by atoms with van der Waals surface area (Å²) < 4.78 is 6.39. The van der Waals surface area contributed by atoms with E-state index in [9.17, 15) is 0 Å². The van der Waals surface area contributed by atoms with Gasteiger partial charge in [-0.25, -0.2) is 0 Å². The molecule has 1 saturated carbocycles. The minimum Gasteiger partial charge on any atom is -0.385 e. The Labute approximate surface area is 131 Å². The Kier molecular flexibility index (Phi) is 6.53. The molecule has 0 bridgehead atoms. The minimum atomic E-state index is 0.685. The molecule has 1 aromatic rings. The van der Waals surface area contributed by atoms with Crippen LogP contribution in [0, 0.1) is 11.8 Å². The maximum atomic E-state index is 5.24. The van der Waals surface area contributed by atoms with Gasteiger partial charge in [-0.3, -0.25) is 0 Å². The third-order valence-corrected chi connectivity index (χ3v) is 4.77. The summed E-state index contributed by atoms with van der Waals surface area (Å²) >= 11 is 3.50. The summed E-state index contributed by atoms with van der Waals surface area (Å²) in [6, 6.07) is 9.53. The highest BCUT2D eigenvalue weighted by atomic mass is 79.9. The molecule has 20 heavy (non-hydrogen) atoms. The first-order valence-corrected chi connectivity index (χ1v) is 8.45. The molecule has 3 heteroatoms. The Morgan fingerprint density at radius 2 is 2.00 bits per heavy atom. The molecule has 0 heterocycles. The van der Waals surface area contributed by atoms with Gasteiger partial charge < -0.3 is 10.1 Å². The molecule has 0 radical (unpaired) electrons. The standard InChI is InChI=1S/C17H26BrNO/c1-13(9-10-20-2)15(12-19-17-7-8-17)11-14-3-5-16(18)6-4-14/h3-6,13,15,17,19H,7-12H2,1-2H3. The molecule has 2 unspecified atom stereocenters. The number of hydrogen-bond acceptors (Lipinski definition) is 2. The van der Waals surface area contributed by atoms with E-state index in [0.717, 1.165) is 36.5 Å². The maximum absolute atomic E-state index is 5.24. The zero-order valence-electron chi connectivity index (χ0n) is 12.6. The zero-order chi connectivity index (χ0) is 14.4. The first kappa shape index (κ1) is 16.0. The van der Waals surface area contributed by atoms with E-state index < -0.39 is 0 Å². The van der Waals surface area contributed by atoms with Gasteiger partial charge in [0.15, 0.2) is 0 Å². The van der Waals surface area contributed by atoms with E-state index in [0.29, 0.717) is 11.8 Å². The van der Waals surface area contributed by atoms with Gasteiger partial charge in [0, 0.05) is 24.2 Å². The molecule has 1 fully saturated rings. The molecule has 0 spiro atoms. The second-order valence-electron chi connectivity index (χ2n) is 6.03. The van der Waals surface area contributed by atoms with Crippen LogP contribution in [0.5, 0.6) is 0 Å². The summed E-state index contributed by atoms with van der Waals surface area (Å²) in [4.78, 5) is 0. The molecule has 0 aliphatic heterocycles. The molecule has 0 amide bonds. The number of rotatable bonds is 9. The number of ether oxygens (including phenoxy) is 1. The van der Waals surface area contributed by atoms with E-state index in [2.05, 4.69) is 52.4 Å². The van der Waals surface area contributed by atoms with Crippen molar-refractivity contribution in [3.05, 3.63) is 34.3 Å². The van der Waals surface area contributed by atoms with E-state index in [4.69, 9.17) is 4.74 Å². The van der Waals surface area contributed by atoms with Crippen LogP contribution < -0.4 is 5.32 Å². The number of benzene rings is 1. The van der Waals surface area contributed by atoms with Gasteiger partial charge in [-0.15, -0.1) is 0 Å². The summed E-state index contributed by atoms with van der Waals surface area (Å²) in [5, 5.41) is 3.70. The van der Waals surface area contributed by atoms with Gasteiger partial charge >= 0.3 is 0 Å². The molecular formula is C17H26BrNO. The summed E-state index contributed by atoms with van der Waals surface area (Å²) in [7, 11) is 1.79. The highest BCUT2D eigenvalue weighted by Gasteiger charge is 2.24. The second-order valence-corrected chi connectivity index (χ2v) is 6.95. The van der Waals surface area contributed by atoms with Crippen molar-refractivity contribution < 1.29 is 4.74 Å². The van der Waals surface area contributed by atoms with Crippen LogP contribution in [0.1, 0.15) is 31.7 Å². The molecule has 1 aliphatic carbocycles. The largest absolute Gasteiger partial charge is 0.385 e. The predicted molar refractivity (Wildman–Crippen MR) is 88.0 cm³/mol. The fourth-order valence-corrected chi connectivity index (χ4v) is 2.81. The first-order chi connectivity index (χ1) is 9.69. The molecular weight excluding hydrogens is 314 g/mol. The van der Waals surface area contributed by atoms with E-state index in [-0.39, 0.29) is 0 Å². The summed E-state index contributed by atoms with van der Waals surface area (Å²) in [5.74, 6) is 1.37. The predicted octanol–water partition coefficient (Wildman–Crippen LogP) is 4.03. The molecule has 2 rings (SSSR count). The third-order valence-electron chi connectivity index (χ3n) is 4.24. The summed E-state index contributed by atoms with van der Waals surface area (Å²) in [5.41, 5.74) is 1.43. The topological polar surface area (TPSA) is 21.3 Å². The number of methoxy groups -OCH3 is 1. The second kappa shape index (κ2) is 8.16. The molecule has 0 saturated heterocycles. The molecule has 1 aromatic carbocycles. The molecule has 112 valence electrons. The Morgan fingerprint density at radius 1 is 1.30 bits per heavy atom. The van der Waals surface area contributed by atoms with Gasteiger partial charge in [-0.05, 0) is 61.8 Å². The molecule has 2 nitrogen and oxygen atoms in total. The number of nitrogens with one attached hydrogen (secondary N) is 1. The van der Waals surface area contributed by atoms with Crippen LogP contribution in [-0.2, 0) is 11.2 Å². The number of halogens is 1. The normalized spacial score (nSPS) is 17.9. The number of hydrogen-bond donors (Lipinski definition) is 1. The maximum Gasteiger partial charge on any atom is 0.0464 e. The Morgan fingerprint density at radius 3 is 2.60 bits per heavy atom. The van der Waals surface area contributed by atoms with Gasteiger partial charge in [0.1, 0.15) is 0 Å². The Bertz CT molecular complexity index is 388. The van der Waals surface area contributed by atoms with Gasteiger partial charge in [-0.1, -0.05) is 35.0 Å². The van der Waals surface area contributed by atoms with Crippen LogP contribution in [0.3, 0.4) is 0 Å². The summed E-state index contributed by atoms with van der Waals surface area (Å²) in [6.07, 6.45) is 5.01.